The standard InChI is InChI=1S/C14H21NO3/c1-14(2,8-9-16)15-10-12(13(17)18)11-6-4-3-5-7-11/h3-7,12,15-16H,8-10H2,1-2H3,(H,17,18). The van der Waals surface area contributed by atoms with E-state index >= 15 is 0 Å². The summed E-state index contributed by atoms with van der Waals surface area (Å²) in [5.74, 6) is -1.40. The summed E-state index contributed by atoms with van der Waals surface area (Å²) in [5.41, 5.74) is 0.523. The van der Waals surface area contributed by atoms with Crippen molar-refractivity contribution < 1.29 is 15.0 Å². The van der Waals surface area contributed by atoms with Crippen LogP contribution in [0.4, 0.5) is 0 Å². The zero-order chi connectivity index (χ0) is 13.6. The number of carbonyl (C=O) groups is 1. The SMILES string of the molecule is CC(C)(CCO)NCC(C(=O)O)c1ccccc1. The molecule has 0 fully saturated rings. The van der Waals surface area contributed by atoms with E-state index in [0.29, 0.717) is 13.0 Å². The highest BCUT2D eigenvalue weighted by Gasteiger charge is 2.23. The van der Waals surface area contributed by atoms with Crippen molar-refractivity contribution in [1.29, 1.82) is 0 Å². The van der Waals surface area contributed by atoms with Crippen molar-refractivity contribution in [3.63, 3.8) is 0 Å². The molecule has 3 N–H and O–H groups in total. The second-order valence-corrected chi connectivity index (χ2v) is 5.04. The Hall–Kier alpha value is -1.39. The highest BCUT2D eigenvalue weighted by molar-refractivity contribution is 5.76. The number of aliphatic carboxylic acids is 1. The van der Waals surface area contributed by atoms with Gasteiger partial charge in [0.05, 0.1) is 5.92 Å². The van der Waals surface area contributed by atoms with Crippen molar-refractivity contribution in [2.75, 3.05) is 13.2 Å². The van der Waals surface area contributed by atoms with Crippen molar-refractivity contribution in [2.45, 2.75) is 31.7 Å². The average Bonchev–Trinajstić information content (AvgIpc) is 2.30. The molecule has 0 saturated carbocycles. The van der Waals surface area contributed by atoms with Gasteiger partial charge < -0.3 is 15.5 Å². The maximum absolute atomic E-state index is 11.3. The van der Waals surface area contributed by atoms with Crippen LogP contribution >= 0.6 is 0 Å². The van der Waals surface area contributed by atoms with Crippen molar-refractivity contribution in [1.82, 2.24) is 5.32 Å². The minimum absolute atomic E-state index is 0.0864. The number of rotatable bonds is 7. The third-order valence-corrected chi connectivity index (χ3v) is 3.02. The number of benzene rings is 1. The molecule has 0 bridgehead atoms. The van der Waals surface area contributed by atoms with Crippen molar-refractivity contribution in [3.8, 4) is 0 Å². The lowest BCUT2D eigenvalue weighted by atomic mass is 9.96. The van der Waals surface area contributed by atoms with E-state index in [9.17, 15) is 9.90 Å². The van der Waals surface area contributed by atoms with Crippen molar-refractivity contribution >= 4 is 5.97 Å². The summed E-state index contributed by atoms with van der Waals surface area (Å²) in [6.45, 7) is 4.34. The molecule has 0 radical (unpaired) electrons. The van der Waals surface area contributed by atoms with Gasteiger partial charge in [-0.15, -0.1) is 0 Å². The van der Waals surface area contributed by atoms with E-state index in [4.69, 9.17) is 5.11 Å². The quantitative estimate of drug-likeness (QED) is 0.688. The van der Waals surface area contributed by atoms with E-state index in [0.717, 1.165) is 5.56 Å². The van der Waals surface area contributed by atoms with Gasteiger partial charge in [-0.3, -0.25) is 4.79 Å². The van der Waals surface area contributed by atoms with Crippen LogP contribution in [0.1, 0.15) is 31.7 Å². The molecule has 0 spiro atoms. The largest absolute Gasteiger partial charge is 0.481 e. The molecule has 4 nitrogen and oxygen atoms in total. The third kappa shape index (κ3) is 4.47. The summed E-state index contributed by atoms with van der Waals surface area (Å²) in [6.07, 6.45) is 0.591. The number of carboxylic acid groups (broad SMARTS) is 1. The summed E-state index contributed by atoms with van der Waals surface area (Å²) in [7, 11) is 0. The van der Waals surface area contributed by atoms with Gasteiger partial charge in [-0.25, -0.2) is 0 Å². The molecule has 0 aromatic heterocycles. The van der Waals surface area contributed by atoms with E-state index in [-0.39, 0.29) is 12.1 Å². The average molecular weight is 251 g/mol. The Bertz CT molecular complexity index is 376. The van der Waals surface area contributed by atoms with E-state index in [1.54, 1.807) is 0 Å². The monoisotopic (exact) mass is 251 g/mol. The predicted octanol–water partition coefficient (Wildman–Crippen LogP) is 1.61. The van der Waals surface area contributed by atoms with Gasteiger partial charge in [0.25, 0.3) is 0 Å². The first-order valence-corrected chi connectivity index (χ1v) is 6.10. The lowest BCUT2D eigenvalue weighted by Crippen LogP contribution is -2.43. The minimum Gasteiger partial charge on any atom is -0.481 e. The zero-order valence-corrected chi connectivity index (χ0v) is 10.9. The van der Waals surface area contributed by atoms with Crippen LogP contribution in [-0.2, 0) is 4.79 Å². The lowest BCUT2D eigenvalue weighted by molar-refractivity contribution is -0.138. The lowest BCUT2D eigenvalue weighted by Gasteiger charge is -2.27. The predicted molar refractivity (Wildman–Crippen MR) is 70.6 cm³/mol. The maximum atomic E-state index is 11.3. The molecule has 0 heterocycles. The molecule has 0 aliphatic carbocycles. The summed E-state index contributed by atoms with van der Waals surface area (Å²) < 4.78 is 0. The van der Waals surface area contributed by atoms with Gasteiger partial charge in [-0.1, -0.05) is 30.3 Å². The normalized spacial score (nSPS) is 13.3. The molecule has 0 aliphatic rings. The molecule has 1 unspecified atom stereocenters. The molecule has 1 rings (SSSR count). The molecule has 4 heteroatoms. The minimum atomic E-state index is -0.839. The molecule has 1 aromatic carbocycles. The van der Waals surface area contributed by atoms with E-state index in [1.165, 1.54) is 0 Å². The Labute approximate surface area is 108 Å². The van der Waals surface area contributed by atoms with Crippen LogP contribution < -0.4 is 5.32 Å². The van der Waals surface area contributed by atoms with Crippen LogP contribution in [-0.4, -0.2) is 34.9 Å². The van der Waals surface area contributed by atoms with Gasteiger partial charge >= 0.3 is 5.97 Å². The molecule has 1 aromatic rings. The molecule has 18 heavy (non-hydrogen) atoms. The number of nitrogens with one attached hydrogen (secondary N) is 1. The number of aliphatic hydroxyl groups excluding tert-OH is 1. The van der Waals surface area contributed by atoms with E-state index in [2.05, 4.69) is 5.32 Å². The highest BCUT2D eigenvalue weighted by Crippen LogP contribution is 2.17. The van der Waals surface area contributed by atoms with Crippen LogP contribution in [0.15, 0.2) is 30.3 Å². The van der Waals surface area contributed by atoms with Crippen LogP contribution in [0.2, 0.25) is 0 Å². The fourth-order valence-electron chi connectivity index (χ4n) is 1.78. The van der Waals surface area contributed by atoms with Gasteiger partial charge in [0.15, 0.2) is 0 Å². The Morgan fingerprint density at radius 1 is 1.33 bits per heavy atom. The van der Waals surface area contributed by atoms with Gasteiger partial charge in [-0.2, -0.15) is 0 Å². The van der Waals surface area contributed by atoms with Crippen molar-refractivity contribution in [2.24, 2.45) is 0 Å². The molecule has 100 valence electrons. The third-order valence-electron chi connectivity index (χ3n) is 3.02. The zero-order valence-electron chi connectivity index (χ0n) is 10.9. The van der Waals surface area contributed by atoms with Crippen LogP contribution in [0.5, 0.6) is 0 Å². The topological polar surface area (TPSA) is 69.6 Å². The first-order valence-electron chi connectivity index (χ1n) is 6.10. The second kappa shape index (κ2) is 6.52. The van der Waals surface area contributed by atoms with Gasteiger partial charge in [0, 0.05) is 18.7 Å². The first kappa shape index (κ1) is 14.7. The number of carboxylic acids is 1. The van der Waals surface area contributed by atoms with Gasteiger partial charge in [0.2, 0.25) is 0 Å². The first-order chi connectivity index (χ1) is 8.46. The smallest absolute Gasteiger partial charge is 0.312 e. The summed E-state index contributed by atoms with van der Waals surface area (Å²) in [4.78, 5) is 11.3. The molecule has 0 aliphatic heterocycles. The Morgan fingerprint density at radius 3 is 2.44 bits per heavy atom. The van der Waals surface area contributed by atoms with E-state index in [1.807, 2.05) is 44.2 Å². The number of hydrogen-bond donors (Lipinski definition) is 3. The van der Waals surface area contributed by atoms with Crippen LogP contribution in [0.3, 0.4) is 0 Å². The van der Waals surface area contributed by atoms with Crippen molar-refractivity contribution in [3.05, 3.63) is 35.9 Å². The Kier molecular flexibility index (Phi) is 5.31. The summed E-state index contributed by atoms with van der Waals surface area (Å²) >= 11 is 0. The fourth-order valence-corrected chi connectivity index (χ4v) is 1.78. The number of aliphatic hydroxyl groups is 1. The van der Waals surface area contributed by atoms with Gasteiger partial charge in [0.1, 0.15) is 0 Å². The highest BCUT2D eigenvalue weighted by atomic mass is 16.4. The molecular weight excluding hydrogens is 230 g/mol. The molecule has 1 atom stereocenters. The van der Waals surface area contributed by atoms with Crippen LogP contribution in [0, 0.1) is 0 Å². The van der Waals surface area contributed by atoms with Gasteiger partial charge in [-0.05, 0) is 25.8 Å². The maximum Gasteiger partial charge on any atom is 0.312 e. The molecule has 0 amide bonds. The fraction of sp³-hybridized carbons (Fsp3) is 0.500. The molecule has 0 saturated heterocycles. The van der Waals surface area contributed by atoms with Crippen LogP contribution in [0.25, 0.3) is 0 Å². The Morgan fingerprint density at radius 2 is 1.94 bits per heavy atom. The Balaban J connectivity index is 2.69. The second-order valence-electron chi connectivity index (χ2n) is 5.04. The number of hydrogen-bond acceptors (Lipinski definition) is 3. The summed E-state index contributed by atoms with van der Waals surface area (Å²) in [5, 5.41) is 21.4. The summed E-state index contributed by atoms with van der Waals surface area (Å²) in [6, 6.07) is 9.18. The van der Waals surface area contributed by atoms with E-state index < -0.39 is 11.9 Å². The molecular formula is C14H21NO3.